The molecule has 0 aliphatic heterocycles. The van der Waals surface area contributed by atoms with Crippen molar-refractivity contribution in [2.75, 3.05) is 7.11 Å². The van der Waals surface area contributed by atoms with Gasteiger partial charge in [0.05, 0.1) is 12.8 Å². The highest BCUT2D eigenvalue weighted by Crippen LogP contribution is 2.18. The summed E-state index contributed by atoms with van der Waals surface area (Å²) in [5.74, 6) is -0.694. The minimum Gasteiger partial charge on any atom is -0.467 e. The highest BCUT2D eigenvalue weighted by molar-refractivity contribution is 5.94. The van der Waals surface area contributed by atoms with Crippen LogP contribution in [0.1, 0.15) is 48.0 Å². The molecular formula is C18H22N2O4. The molecule has 0 aliphatic rings. The molecule has 0 aliphatic carbocycles. The van der Waals surface area contributed by atoms with E-state index in [0.29, 0.717) is 6.42 Å². The van der Waals surface area contributed by atoms with Crippen LogP contribution in [0.4, 0.5) is 0 Å². The lowest BCUT2D eigenvalue weighted by molar-refractivity contribution is -0.142. The Morgan fingerprint density at radius 1 is 1.29 bits per heavy atom. The fourth-order valence-electron chi connectivity index (χ4n) is 2.25. The average Bonchev–Trinajstić information content (AvgIpc) is 3.11. The van der Waals surface area contributed by atoms with Crippen molar-refractivity contribution in [1.82, 2.24) is 10.5 Å². The number of esters is 1. The third kappa shape index (κ3) is 4.44. The summed E-state index contributed by atoms with van der Waals surface area (Å²) in [7, 11) is 1.29. The molecule has 6 heteroatoms. The van der Waals surface area contributed by atoms with Crippen LogP contribution in [0.3, 0.4) is 0 Å². The first-order valence-electron chi connectivity index (χ1n) is 7.94. The van der Waals surface area contributed by atoms with Crippen molar-refractivity contribution in [3.05, 3.63) is 53.4 Å². The van der Waals surface area contributed by atoms with Gasteiger partial charge in [-0.05, 0) is 12.0 Å². The summed E-state index contributed by atoms with van der Waals surface area (Å²) >= 11 is 0. The van der Waals surface area contributed by atoms with Crippen molar-refractivity contribution in [2.45, 2.75) is 38.6 Å². The third-order valence-electron chi connectivity index (χ3n) is 3.94. The minimum absolute atomic E-state index is 0.0901. The predicted molar refractivity (Wildman–Crippen MR) is 88.6 cm³/mol. The molecule has 2 aromatic rings. The Kier molecular flexibility index (Phi) is 6.12. The summed E-state index contributed by atoms with van der Waals surface area (Å²) < 4.78 is 9.88. The topological polar surface area (TPSA) is 81.4 Å². The number of hydrogen-bond acceptors (Lipinski definition) is 5. The molecule has 1 amide bonds. The molecule has 1 heterocycles. The molecule has 0 unspecified atom stereocenters. The first-order valence-corrected chi connectivity index (χ1v) is 7.94. The number of aromatic nitrogens is 1. The summed E-state index contributed by atoms with van der Waals surface area (Å²) in [4.78, 5) is 24.3. The zero-order valence-electron chi connectivity index (χ0n) is 14.1. The largest absolute Gasteiger partial charge is 0.467 e. The Hall–Kier alpha value is -2.63. The first-order chi connectivity index (χ1) is 11.5. The van der Waals surface area contributed by atoms with Gasteiger partial charge in [-0.1, -0.05) is 49.3 Å². The number of amides is 1. The van der Waals surface area contributed by atoms with Gasteiger partial charge in [0.15, 0.2) is 0 Å². The number of ether oxygens (including phenoxy) is 1. The fourth-order valence-corrected chi connectivity index (χ4v) is 2.25. The number of benzene rings is 1. The minimum atomic E-state index is -0.790. The smallest absolute Gasteiger partial charge is 0.328 e. The van der Waals surface area contributed by atoms with Gasteiger partial charge in [-0.15, -0.1) is 0 Å². The lowest BCUT2D eigenvalue weighted by atomic mass is 10.0. The summed E-state index contributed by atoms with van der Waals surface area (Å²) in [6.07, 6.45) is 1.23. The van der Waals surface area contributed by atoms with Gasteiger partial charge in [-0.2, -0.15) is 0 Å². The number of rotatable bonds is 7. The van der Waals surface area contributed by atoms with E-state index in [0.717, 1.165) is 17.7 Å². The Labute approximate surface area is 141 Å². The number of nitrogens with one attached hydrogen (secondary N) is 1. The second-order valence-corrected chi connectivity index (χ2v) is 5.66. The average molecular weight is 330 g/mol. The normalized spacial score (nSPS) is 13.1. The van der Waals surface area contributed by atoms with Gasteiger partial charge in [0.2, 0.25) is 5.76 Å². The number of carbonyl (C=O) groups excluding carboxylic acids is 2. The zero-order valence-corrected chi connectivity index (χ0v) is 14.1. The van der Waals surface area contributed by atoms with E-state index in [9.17, 15) is 9.59 Å². The van der Waals surface area contributed by atoms with Gasteiger partial charge < -0.3 is 14.6 Å². The van der Waals surface area contributed by atoms with Crippen molar-refractivity contribution in [1.29, 1.82) is 0 Å². The van der Waals surface area contributed by atoms with Gasteiger partial charge in [0, 0.05) is 18.4 Å². The van der Waals surface area contributed by atoms with Crippen LogP contribution >= 0.6 is 0 Å². The van der Waals surface area contributed by atoms with Gasteiger partial charge in [0.25, 0.3) is 5.91 Å². The van der Waals surface area contributed by atoms with E-state index in [1.54, 1.807) is 6.07 Å². The summed E-state index contributed by atoms with van der Waals surface area (Å²) in [6, 6.07) is 10.2. The number of nitrogens with zero attached hydrogens (tertiary/aromatic N) is 1. The van der Waals surface area contributed by atoms with Crippen molar-refractivity contribution < 1.29 is 18.8 Å². The highest BCUT2D eigenvalue weighted by Gasteiger charge is 2.25. The number of hydrogen-bond donors (Lipinski definition) is 1. The third-order valence-corrected chi connectivity index (χ3v) is 3.94. The van der Waals surface area contributed by atoms with E-state index in [4.69, 9.17) is 9.26 Å². The van der Waals surface area contributed by atoms with Crippen molar-refractivity contribution in [3.63, 3.8) is 0 Å². The van der Waals surface area contributed by atoms with Crippen LogP contribution < -0.4 is 5.32 Å². The maximum atomic E-state index is 12.3. The Morgan fingerprint density at radius 2 is 2.00 bits per heavy atom. The second kappa shape index (κ2) is 8.29. The van der Waals surface area contributed by atoms with E-state index in [2.05, 4.69) is 10.5 Å². The summed E-state index contributed by atoms with van der Waals surface area (Å²) in [6.45, 7) is 4.04. The van der Waals surface area contributed by atoms with E-state index < -0.39 is 17.9 Å². The lowest BCUT2D eigenvalue weighted by Gasteiger charge is -2.15. The van der Waals surface area contributed by atoms with Crippen LogP contribution in [0.15, 0.2) is 40.9 Å². The summed E-state index contributed by atoms with van der Waals surface area (Å²) in [5.41, 5.74) is 1.64. The molecule has 0 saturated carbocycles. The summed E-state index contributed by atoms with van der Waals surface area (Å²) in [5, 5.41) is 6.57. The monoisotopic (exact) mass is 330 g/mol. The molecule has 0 bridgehead atoms. The van der Waals surface area contributed by atoms with E-state index >= 15 is 0 Å². The molecule has 1 aromatic carbocycles. The van der Waals surface area contributed by atoms with Gasteiger partial charge >= 0.3 is 5.97 Å². The predicted octanol–water partition coefficient (Wildman–Crippen LogP) is 2.70. The van der Waals surface area contributed by atoms with Gasteiger partial charge in [-0.25, -0.2) is 4.79 Å². The zero-order chi connectivity index (χ0) is 17.5. The van der Waals surface area contributed by atoms with Crippen LogP contribution in [0, 0.1) is 0 Å². The molecule has 6 nitrogen and oxygen atoms in total. The number of carbonyl (C=O) groups is 2. The molecule has 128 valence electrons. The van der Waals surface area contributed by atoms with Crippen molar-refractivity contribution in [3.8, 4) is 0 Å². The first kappa shape index (κ1) is 17.7. The Bertz CT molecular complexity index is 681. The molecule has 24 heavy (non-hydrogen) atoms. The van der Waals surface area contributed by atoms with Crippen LogP contribution in [-0.2, 0) is 16.0 Å². The molecule has 2 atom stereocenters. The van der Waals surface area contributed by atoms with Gasteiger partial charge in [0.1, 0.15) is 6.04 Å². The molecule has 1 N–H and O–H groups in total. The molecule has 1 aromatic heterocycles. The quantitative estimate of drug-likeness (QED) is 0.789. The van der Waals surface area contributed by atoms with E-state index in [1.165, 1.54) is 7.11 Å². The highest BCUT2D eigenvalue weighted by atomic mass is 16.5. The maximum Gasteiger partial charge on any atom is 0.328 e. The Balaban J connectivity index is 2.09. The molecular weight excluding hydrogens is 308 g/mol. The molecule has 0 radical (unpaired) electrons. The van der Waals surface area contributed by atoms with Crippen LogP contribution in [0.25, 0.3) is 0 Å². The SMILES string of the molecule is CC[C@@H](C)c1cc(C(=O)N[C@@H](Cc2ccccc2)C(=O)OC)on1. The van der Waals surface area contributed by atoms with Gasteiger partial charge in [-0.3, -0.25) is 4.79 Å². The lowest BCUT2D eigenvalue weighted by Crippen LogP contribution is -2.43. The van der Waals surface area contributed by atoms with Crippen LogP contribution in [-0.4, -0.2) is 30.2 Å². The van der Waals surface area contributed by atoms with E-state index in [1.807, 2.05) is 44.2 Å². The molecule has 0 spiro atoms. The number of methoxy groups -OCH3 is 1. The van der Waals surface area contributed by atoms with Crippen molar-refractivity contribution >= 4 is 11.9 Å². The molecule has 0 saturated heterocycles. The van der Waals surface area contributed by atoms with Crippen LogP contribution in [0.2, 0.25) is 0 Å². The maximum absolute atomic E-state index is 12.3. The molecule has 2 rings (SSSR count). The Morgan fingerprint density at radius 3 is 2.62 bits per heavy atom. The standard InChI is InChI=1S/C18H22N2O4/c1-4-12(2)14-11-16(24-20-14)17(21)19-15(18(22)23-3)10-13-8-6-5-7-9-13/h5-9,11-12,15H,4,10H2,1-3H3,(H,19,21)/t12-,15+/m1/s1. The van der Waals surface area contributed by atoms with Crippen LogP contribution in [0.5, 0.6) is 0 Å². The second-order valence-electron chi connectivity index (χ2n) is 5.66. The fraction of sp³-hybridized carbons (Fsp3) is 0.389. The van der Waals surface area contributed by atoms with Crippen molar-refractivity contribution in [2.24, 2.45) is 0 Å². The molecule has 0 fully saturated rings. The van der Waals surface area contributed by atoms with E-state index in [-0.39, 0.29) is 11.7 Å².